The number of amides is 2. The molecule has 2 rings (SSSR count). The maximum absolute atomic E-state index is 12.3. The normalized spacial score (nSPS) is 18.1. The molecule has 3 N–H and O–H groups in total. The van der Waals surface area contributed by atoms with Gasteiger partial charge in [-0.15, -0.1) is 11.3 Å². The zero-order valence-corrected chi connectivity index (χ0v) is 15.0. The Bertz CT molecular complexity index is 591. The number of thiophene rings is 1. The largest absolute Gasteiger partial charge is 0.388 e. The Morgan fingerprint density at radius 1 is 1.48 bits per heavy atom. The van der Waals surface area contributed by atoms with Gasteiger partial charge in [-0.1, -0.05) is 20.3 Å². The molecular weight excluding hydrogens is 312 g/mol. The molecule has 2 unspecified atom stereocenters. The van der Waals surface area contributed by atoms with E-state index in [1.165, 1.54) is 11.3 Å². The van der Waals surface area contributed by atoms with Crippen LogP contribution in [-0.2, 0) is 4.79 Å². The number of carbonyl (C=O) groups excluding carboxylic acids is 2. The number of carbonyl (C=O) groups is 2. The van der Waals surface area contributed by atoms with Gasteiger partial charge in [0.2, 0.25) is 5.91 Å². The summed E-state index contributed by atoms with van der Waals surface area (Å²) in [5, 5.41) is 16.8. The molecule has 1 aliphatic carbocycles. The van der Waals surface area contributed by atoms with Crippen LogP contribution in [0.1, 0.15) is 55.3 Å². The van der Waals surface area contributed by atoms with Crippen LogP contribution >= 0.6 is 11.3 Å². The quantitative estimate of drug-likeness (QED) is 0.715. The Labute approximate surface area is 141 Å². The van der Waals surface area contributed by atoms with Gasteiger partial charge in [0.25, 0.3) is 5.91 Å². The molecule has 0 radical (unpaired) electrons. The fourth-order valence-corrected chi connectivity index (χ4v) is 3.28. The molecule has 1 aromatic rings. The first-order valence-electron chi connectivity index (χ1n) is 8.16. The average molecular weight is 338 g/mol. The van der Waals surface area contributed by atoms with Crippen LogP contribution in [0, 0.1) is 18.8 Å². The lowest BCUT2D eigenvalue weighted by Gasteiger charge is -2.29. The molecular formula is C17H26N2O3S. The predicted molar refractivity (Wildman–Crippen MR) is 92.8 cm³/mol. The maximum atomic E-state index is 12.3. The van der Waals surface area contributed by atoms with Crippen molar-refractivity contribution in [1.29, 1.82) is 0 Å². The second kappa shape index (κ2) is 7.01. The van der Waals surface area contributed by atoms with E-state index in [-0.39, 0.29) is 30.2 Å². The third kappa shape index (κ3) is 4.54. The molecule has 0 aliphatic heterocycles. The number of rotatable bonds is 7. The van der Waals surface area contributed by atoms with Crippen molar-refractivity contribution < 1.29 is 14.7 Å². The lowest BCUT2D eigenvalue weighted by molar-refractivity contribution is -0.117. The van der Waals surface area contributed by atoms with Crippen LogP contribution in [-0.4, -0.2) is 29.1 Å². The molecule has 128 valence electrons. The van der Waals surface area contributed by atoms with Gasteiger partial charge in [-0.25, -0.2) is 0 Å². The second-order valence-electron chi connectivity index (χ2n) is 6.74. The van der Waals surface area contributed by atoms with Gasteiger partial charge in [0.15, 0.2) is 0 Å². The standard InChI is InChI=1S/C17H26N2O3S/c1-5-11(3)17(4,22)9-18-16(21)14-10(2)8-13(23-14)19-15(20)12-6-7-12/h8,11-12,22H,5-7,9H2,1-4H3,(H,18,21)(H,19,20). The SMILES string of the molecule is CCC(C)C(C)(O)CNC(=O)c1sc(NC(=O)C2CC2)cc1C. The van der Waals surface area contributed by atoms with Gasteiger partial charge in [0, 0.05) is 12.5 Å². The summed E-state index contributed by atoms with van der Waals surface area (Å²) in [6.45, 7) is 7.78. The summed E-state index contributed by atoms with van der Waals surface area (Å²) in [6.07, 6.45) is 2.75. The van der Waals surface area contributed by atoms with Crippen molar-refractivity contribution in [1.82, 2.24) is 5.32 Å². The van der Waals surface area contributed by atoms with E-state index in [1.54, 1.807) is 6.92 Å². The van der Waals surface area contributed by atoms with Crippen LogP contribution in [0.2, 0.25) is 0 Å². The fraction of sp³-hybridized carbons (Fsp3) is 0.647. The number of aliphatic hydroxyl groups is 1. The second-order valence-corrected chi connectivity index (χ2v) is 7.79. The van der Waals surface area contributed by atoms with E-state index in [1.807, 2.05) is 26.8 Å². The highest BCUT2D eigenvalue weighted by Gasteiger charge is 2.30. The minimum absolute atomic E-state index is 0.0397. The Morgan fingerprint density at radius 2 is 2.13 bits per heavy atom. The summed E-state index contributed by atoms with van der Waals surface area (Å²) < 4.78 is 0. The summed E-state index contributed by atoms with van der Waals surface area (Å²) in [5.41, 5.74) is -0.0970. The maximum Gasteiger partial charge on any atom is 0.261 e. The molecule has 0 bridgehead atoms. The summed E-state index contributed by atoms with van der Waals surface area (Å²) in [5.74, 6) is 0.0712. The van der Waals surface area contributed by atoms with Crippen LogP contribution < -0.4 is 10.6 Å². The summed E-state index contributed by atoms with van der Waals surface area (Å²) in [6, 6.07) is 1.83. The molecule has 2 amide bonds. The highest BCUT2D eigenvalue weighted by atomic mass is 32.1. The topological polar surface area (TPSA) is 78.4 Å². The molecule has 1 heterocycles. The van der Waals surface area contributed by atoms with E-state index in [9.17, 15) is 14.7 Å². The van der Waals surface area contributed by atoms with Gasteiger partial charge in [0.05, 0.1) is 15.5 Å². The fourth-order valence-electron chi connectivity index (χ4n) is 2.29. The van der Waals surface area contributed by atoms with E-state index in [0.29, 0.717) is 9.88 Å². The molecule has 6 heteroatoms. The number of nitrogens with one attached hydrogen (secondary N) is 2. The molecule has 5 nitrogen and oxygen atoms in total. The van der Waals surface area contributed by atoms with Gasteiger partial charge in [-0.05, 0) is 44.2 Å². The molecule has 2 atom stereocenters. The van der Waals surface area contributed by atoms with Crippen LogP contribution in [0.25, 0.3) is 0 Å². The summed E-state index contributed by atoms with van der Waals surface area (Å²) in [4.78, 5) is 24.7. The third-order valence-electron chi connectivity index (χ3n) is 4.60. The van der Waals surface area contributed by atoms with Crippen molar-refractivity contribution in [3.05, 3.63) is 16.5 Å². The van der Waals surface area contributed by atoms with Crippen molar-refractivity contribution in [2.24, 2.45) is 11.8 Å². The van der Waals surface area contributed by atoms with Crippen LogP contribution in [0.3, 0.4) is 0 Å². The van der Waals surface area contributed by atoms with Crippen molar-refractivity contribution >= 4 is 28.2 Å². The highest BCUT2D eigenvalue weighted by Crippen LogP contribution is 2.32. The number of hydrogen-bond acceptors (Lipinski definition) is 4. The van der Waals surface area contributed by atoms with Crippen molar-refractivity contribution in [2.75, 3.05) is 11.9 Å². The van der Waals surface area contributed by atoms with E-state index in [0.717, 1.165) is 24.8 Å². The summed E-state index contributed by atoms with van der Waals surface area (Å²) >= 11 is 1.28. The van der Waals surface area contributed by atoms with Gasteiger partial charge in [0.1, 0.15) is 0 Å². The van der Waals surface area contributed by atoms with Gasteiger partial charge >= 0.3 is 0 Å². The zero-order valence-electron chi connectivity index (χ0n) is 14.2. The monoisotopic (exact) mass is 338 g/mol. The number of hydrogen-bond donors (Lipinski definition) is 3. The Kier molecular flexibility index (Phi) is 5.47. The molecule has 0 aromatic carbocycles. The van der Waals surface area contributed by atoms with E-state index in [2.05, 4.69) is 10.6 Å². The Balaban J connectivity index is 1.96. The first-order valence-corrected chi connectivity index (χ1v) is 8.98. The van der Waals surface area contributed by atoms with Gasteiger partial charge in [-0.2, -0.15) is 0 Å². The number of aryl methyl sites for hydroxylation is 1. The zero-order chi connectivity index (χ0) is 17.2. The van der Waals surface area contributed by atoms with Crippen molar-refractivity contribution in [2.45, 2.75) is 52.6 Å². The smallest absolute Gasteiger partial charge is 0.261 e. The molecule has 1 aromatic heterocycles. The van der Waals surface area contributed by atoms with Gasteiger partial charge < -0.3 is 15.7 Å². The number of anilines is 1. The Hall–Kier alpha value is -1.40. The molecule has 0 spiro atoms. The Morgan fingerprint density at radius 3 is 2.70 bits per heavy atom. The van der Waals surface area contributed by atoms with Crippen LogP contribution in [0.5, 0.6) is 0 Å². The molecule has 1 fully saturated rings. The average Bonchev–Trinajstić information content (AvgIpc) is 3.28. The van der Waals surface area contributed by atoms with E-state index < -0.39 is 5.60 Å². The van der Waals surface area contributed by atoms with Crippen LogP contribution in [0.4, 0.5) is 5.00 Å². The van der Waals surface area contributed by atoms with Crippen molar-refractivity contribution in [3.63, 3.8) is 0 Å². The lowest BCUT2D eigenvalue weighted by Crippen LogP contribution is -2.45. The molecule has 1 saturated carbocycles. The highest BCUT2D eigenvalue weighted by molar-refractivity contribution is 7.18. The first-order chi connectivity index (χ1) is 10.7. The van der Waals surface area contributed by atoms with Crippen molar-refractivity contribution in [3.8, 4) is 0 Å². The van der Waals surface area contributed by atoms with Gasteiger partial charge in [-0.3, -0.25) is 9.59 Å². The minimum atomic E-state index is -0.932. The lowest BCUT2D eigenvalue weighted by atomic mass is 9.88. The van der Waals surface area contributed by atoms with E-state index >= 15 is 0 Å². The summed E-state index contributed by atoms with van der Waals surface area (Å²) in [7, 11) is 0. The first kappa shape index (κ1) is 17.9. The van der Waals surface area contributed by atoms with Crippen LogP contribution in [0.15, 0.2) is 6.07 Å². The predicted octanol–water partition coefficient (Wildman–Crippen LogP) is 2.93. The molecule has 23 heavy (non-hydrogen) atoms. The minimum Gasteiger partial charge on any atom is -0.388 e. The van der Waals surface area contributed by atoms with E-state index in [4.69, 9.17) is 0 Å². The molecule has 1 aliphatic rings. The molecule has 0 saturated heterocycles. The third-order valence-corrected chi connectivity index (χ3v) is 5.75.